The Balaban J connectivity index is 2.13. The number of hydrogen-bond donors (Lipinski definition) is 0. The van der Waals surface area contributed by atoms with E-state index in [9.17, 15) is 0 Å². The molecule has 1 atom stereocenters. The van der Waals surface area contributed by atoms with E-state index in [1.54, 1.807) is 23.7 Å². The third-order valence-corrected chi connectivity index (χ3v) is 4.76. The average Bonchev–Trinajstić information content (AvgIpc) is 2.68. The SMILES string of the molecule is Clc1cnccc1CC(Cl)c1csc(I)c1. The molecule has 0 aliphatic carbocycles. The normalized spacial score (nSPS) is 12.7. The highest BCUT2D eigenvalue weighted by Crippen LogP contribution is 2.31. The molecule has 2 rings (SSSR count). The minimum absolute atomic E-state index is 0.0281. The van der Waals surface area contributed by atoms with Crippen LogP contribution in [-0.2, 0) is 6.42 Å². The Kier molecular flexibility index (Phi) is 4.47. The summed E-state index contributed by atoms with van der Waals surface area (Å²) >= 11 is 16.4. The van der Waals surface area contributed by atoms with Gasteiger partial charge in [0.05, 0.1) is 13.3 Å². The number of rotatable bonds is 3. The number of nitrogens with zero attached hydrogens (tertiary/aromatic N) is 1. The van der Waals surface area contributed by atoms with E-state index < -0.39 is 0 Å². The van der Waals surface area contributed by atoms with Crippen molar-refractivity contribution in [1.82, 2.24) is 4.98 Å². The lowest BCUT2D eigenvalue weighted by atomic mass is 10.1. The predicted octanol–water partition coefficient (Wildman–Crippen LogP) is 4.92. The summed E-state index contributed by atoms with van der Waals surface area (Å²) in [5, 5.41) is 2.74. The van der Waals surface area contributed by atoms with Gasteiger partial charge in [0.2, 0.25) is 0 Å². The van der Waals surface area contributed by atoms with Crippen LogP contribution in [-0.4, -0.2) is 4.98 Å². The molecule has 2 heterocycles. The van der Waals surface area contributed by atoms with Crippen molar-refractivity contribution in [2.24, 2.45) is 0 Å². The van der Waals surface area contributed by atoms with Gasteiger partial charge in [0.1, 0.15) is 0 Å². The van der Waals surface area contributed by atoms with Gasteiger partial charge in [0, 0.05) is 12.4 Å². The molecular weight excluding hydrogens is 376 g/mol. The fourth-order valence-corrected chi connectivity index (χ4v) is 3.36. The zero-order valence-electron chi connectivity index (χ0n) is 8.16. The lowest BCUT2D eigenvalue weighted by molar-refractivity contribution is 0.921. The minimum Gasteiger partial charge on any atom is -0.263 e. The smallest absolute Gasteiger partial charge is 0.0656 e. The maximum Gasteiger partial charge on any atom is 0.0656 e. The monoisotopic (exact) mass is 383 g/mol. The molecule has 5 heteroatoms. The molecule has 0 fully saturated rings. The van der Waals surface area contributed by atoms with Crippen molar-refractivity contribution in [3.63, 3.8) is 0 Å². The van der Waals surface area contributed by atoms with Crippen LogP contribution in [0.15, 0.2) is 29.9 Å². The Bertz CT molecular complexity index is 486. The van der Waals surface area contributed by atoms with Gasteiger partial charge in [-0.15, -0.1) is 22.9 Å². The summed E-state index contributed by atoms with van der Waals surface area (Å²) in [6.45, 7) is 0. The molecule has 0 radical (unpaired) electrons. The van der Waals surface area contributed by atoms with Crippen molar-refractivity contribution in [3.05, 3.63) is 48.9 Å². The third kappa shape index (κ3) is 3.09. The largest absolute Gasteiger partial charge is 0.263 e. The van der Waals surface area contributed by atoms with E-state index in [0.29, 0.717) is 5.02 Å². The zero-order valence-corrected chi connectivity index (χ0v) is 12.6. The van der Waals surface area contributed by atoms with Crippen LogP contribution in [0, 0.1) is 2.88 Å². The number of hydrogen-bond acceptors (Lipinski definition) is 2. The van der Waals surface area contributed by atoms with Crippen LogP contribution in [0.3, 0.4) is 0 Å². The topological polar surface area (TPSA) is 12.9 Å². The van der Waals surface area contributed by atoms with E-state index >= 15 is 0 Å². The van der Waals surface area contributed by atoms with Gasteiger partial charge in [-0.1, -0.05) is 11.6 Å². The van der Waals surface area contributed by atoms with Crippen molar-refractivity contribution < 1.29 is 0 Å². The molecule has 0 amide bonds. The molecule has 1 nitrogen and oxygen atoms in total. The van der Waals surface area contributed by atoms with Crippen LogP contribution in [0.5, 0.6) is 0 Å². The van der Waals surface area contributed by atoms with Crippen LogP contribution in [0.1, 0.15) is 16.5 Å². The first-order valence-electron chi connectivity index (χ1n) is 4.63. The molecule has 84 valence electrons. The number of aromatic nitrogens is 1. The zero-order chi connectivity index (χ0) is 11.5. The van der Waals surface area contributed by atoms with E-state index in [2.05, 4.69) is 39.0 Å². The molecular formula is C11H8Cl2INS. The second kappa shape index (κ2) is 5.67. The molecule has 0 aliphatic heterocycles. The first kappa shape index (κ1) is 12.6. The van der Waals surface area contributed by atoms with Crippen LogP contribution in [0.25, 0.3) is 0 Å². The minimum atomic E-state index is -0.0281. The Morgan fingerprint density at radius 2 is 2.31 bits per heavy atom. The van der Waals surface area contributed by atoms with Crippen molar-refractivity contribution in [1.29, 1.82) is 0 Å². The molecule has 2 aromatic rings. The number of halogens is 3. The molecule has 16 heavy (non-hydrogen) atoms. The van der Waals surface area contributed by atoms with E-state index in [0.717, 1.165) is 17.5 Å². The fourth-order valence-electron chi connectivity index (χ4n) is 1.37. The van der Waals surface area contributed by atoms with Crippen molar-refractivity contribution in [2.45, 2.75) is 11.8 Å². The Morgan fingerprint density at radius 3 is 2.94 bits per heavy atom. The van der Waals surface area contributed by atoms with Crippen molar-refractivity contribution in [3.8, 4) is 0 Å². The van der Waals surface area contributed by atoms with Gasteiger partial charge in [-0.05, 0) is 57.7 Å². The molecule has 0 bridgehead atoms. The van der Waals surface area contributed by atoms with Gasteiger partial charge in [0.25, 0.3) is 0 Å². The molecule has 0 spiro atoms. The highest BCUT2D eigenvalue weighted by Gasteiger charge is 2.12. The lowest BCUT2D eigenvalue weighted by Crippen LogP contribution is -1.95. The van der Waals surface area contributed by atoms with Gasteiger partial charge in [-0.3, -0.25) is 4.98 Å². The van der Waals surface area contributed by atoms with Gasteiger partial charge < -0.3 is 0 Å². The highest BCUT2D eigenvalue weighted by atomic mass is 127. The lowest BCUT2D eigenvalue weighted by Gasteiger charge is -2.08. The number of pyridine rings is 1. The van der Waals surface area contributed by atoms with E-state index in [1.165, 1.54) is 2.88 Å². The number of thiophene rings is 1. The van der Waals surface area contributed by atoms with E-state index in [1.807, 2.05) is 6.07 Å². The Labute approximate surface area is 122 Å². The first-order chi connectivity index (χ1) is 7.66. The average molecular weight is 384 g/mol. The van der Waals surface area contributed by atoms with Crippen LogP contribution in [0.4, 0.5) is 0 Å². The van der Waals surface area contributed by atoms with Crippen LogP contribution in [0.2, 0.25) is 5.02 Å². The van der Waals surface area contributed by atoms with E-state index in [4.69, 9.17) is 23.2 Å². The van der Waals surface area contributed by atoms with Crippen LogP contribution >= 0.6 is 57.1 Å². The fraction of sp³-hybridized carbons (Fsp3) is 0.182. The molecule has 0 aromatic carbocycles. The summed E-state index contributed by atoms with van der Waals surface area (Å²) in [4.78, 5) is 3.95. The summed E-state index contributed by atoms with van der Waals surface area (Å²) < 4.78 is 1.25. The summed E-state index contributed by atoms with van der Waals surface area (Å²) in [7, 11) is 0. The standard InChI is InChI=1S/C11H8Cl2INS/c12-9(8-4-11(14)16-6-8)3-7-1-2-15-5-10(7)13/h1-2,4-6,9H,3H2. The second-order valence-corrected chi connectivity index (χ2v) is 7.06. The van der Waals surface area contributed by atoms with Crippen LogP contribution < -0.4 is 0 Å². The van der Waals surface area contributed by atoms with Crippen molar-refractivity contribution in [2.75, 3.05) is 0 Å². The molecule has 0 aliphatic rings. The quantitative estimate of drug-likeness (QED) is 0.541. The van der Waals surface area contributed by atoms with Gasteiger partial charge in [0.15, 0.2) is 0 Å². The molecule has 0 N–H and O–H groups in total. The summed E-state index contributed by atoms with van der Waals surface area (Å²) in [6.07, 6.45) is 4.12. The second-order valence-electron chi connectivity index (χ2n) is 3.32. The predicted molar refractivity (Wildman–Crippen MR) is 78.6 cm³/mol. The molecule has 0 saturated carbocycles. The van der Waals surface area contributed by atoms with Gasteiger partial charge in [-0.2, -0.15) is 0 Å². The highest BCUT2D eigenvalue weighted by molar-refractivity contribution is 14.1. The molecule has 1 unspecified atom stereocenters. The summed E-state index contributed by atoms with van der Waals surface area (Å²) in [5.41, 5.74) is 2.20. The molecule has 0 saturated heterocycles. The maximum absolute atomic E-state index is 6.35. The van der Waals surface area contributed by atoms with E-state index in [-0.39, 0.29) is 5.38 Å². The first-order valence-corrected chi connectivity index (χ1v) is 7.40. The summed E-state index contributed by atoms with van der Waals surface area (Å²) in [5.74, 6) is 0. The number of alkyl halides is 1. The Hall–Kier alpha value is 0.160. The van der Waals surface area contributed by atoms with Crippen molar-refractivity contribution >= 4 is 57.1 Å². The Morgan fingerprint density at radius 1 is 1.50 bits per heavy atom. The molecule has 2 aromatic heterocycles. The van der Waals surface area contributed by atoms with Gasteiger partial charge >= 0.3 is 0 Å². The third-order valence-electron chi connectivity index (χ3n) is 2.20. The van der Waals surface area contributed by atoms with Gasteiger partial charge in [-0.25, -0.2) is 0 Å². The maximum atomic E-state index is 6.35. The summed E-state index contributed by atoms with van der Waals surface area (Å²) in [6, 6.07) is 4.02.